The first-order valence-corrected chi connectivity index (χ1v) is 7.30. The molecule has 120 valence electrons. The van der Waals surface area contributed by atoms with Gasteiger partial charge in [0.2, 0.25) is 0 Å². The Hall–Kier alpha value is -3.41. The Balaban J connectivity index is 1.69. The number of anilines is 1. The number of aromatic nitrogens is 1. The van der Waals surface area contributed by atoms with Gasteiger partial charge < -0.3 is 15.1 Å². The summed E-state index contributed by atoms with van der Waals surface area (Å²) in [5.74, 6) is 0.245. The lowest BCUT2D eigenvalue weighted by Crippen LogP contribution is -2.17. The molecule has 1 heterocycles. The van der Waals surface area contributed by atoms with E-state index in [-0.39, 0.29) is 11.8 Å². The molecule has 0 radical (unpaired) electrons. The predicted molar refractivity (Wildman–Crippen MR) is 89.7 cm³/mol. The van der Waals surface area contributed by atoms with Crippen molar-refractivity contribution in [2.24, 2.45) is 0 Å². The van der Waals surface area contributed by atoms with E-state index in [1.807, 2.05) is 0 Å². The van der Waals surface area contributed by atoms with Crippen LogP contribution in [0.15, 0.2) is 65.5 Å². The summed E-state index contributed by atoms with van der Waals surface area (Å²) in [7, 11) is 1.57. The molecule has 2 aromatic carbocycles. The molecule has 0 spiro atoms. The molecule has 0 atom stereocenters. The SMILES string of the molecule is CNC(=O)c1ccc(NC(=O)c2ccc(-c3cnco3)cc2)cc1. The highest BCUT2D eigenvalue weighted by Gasteiger charge is 2.08. The van der Waals surface area contributed by atoms with Crippen LogP contribution in [0.2, 0.25) is 0 Å². The highest BCUT2D eigenvalue weighted by atomic mass is 16.3. The second-order valence-corrected chi connectivity index (χ2v) is 5.05. The van der Waals surface area contributed by atoms with Gasteiger partial charge >= 0.3 is 0 Å². The highest BCUT2D eigenvalue weighted by molar-refractivity contribution is 6.04. The van der Waals surface area contributed by atoms with Crippen molar-refractivity contribution >= 4 is 17.5 Å². The van der Waals surface area contributed by atoms with Crippen LogP contribution in [0.4, 0.5) is 5.69 Å². The maximum Gasteiger partial charge on any atom is 0.255 e. The summed E-state index contributed by atoms with van der Waals surface area (Å²) in [6.07, 6.45) is 2.97. The molecule has 0 saturated heterocycles. The van der Waals surface area contributed by atoms with Crippen LogP contribution in [0.25, 0.3) is 11.3 Å². The van der Waals surface area contributed by atoms with E-state index in [9.17, 15) is 9.59 Å². The van der Waals surface area contributed by atoms with Crippen molar-refractivity contribution in [3.63, 3.8) is 0 Å². The summed E-state index contributed by atoms with van der Waals surface area (Å²) < 4.78 is 5.21. The van der Waals surface area contributed by atoms with Crippen LogP contribution < -0.4 is 10.6 Å². The van der Waals surface area contributed by atoms with Crippen LogP contribution in [0, 0.1) is 0 Å². The Bertz CT molecular complexity index is 838. The molecule has 0 bridgehead atoms. The zero-order valence-electron chi connectivity index (χ0n) is 12.9. The molecule has 1 aromatic heterocycles. The topological polar surface area (TPSA) is 84.2 Å². The first-order valence-electron chi connectivity index (χ1n) is 7.30. The number of benzene rings is 2. The van der Waals surface area contributed by atoms with Gasteiger partial charge in [-0.1, -0.05) is 12.1 Å². The molecule has 0 aliphatic rings. The predicted octanol–water partition coefficient (Wildman–Crippen LogP) is 2.95. The van der Waals surface area contributed by atoms with Gasteiger partial charge in [0.25, 0.3) is 11.8 Å². The number of rotatable bonds is 4. The second-order valence-electron chi connectivity index (χ2n) is 5.05. The van der Waals surface area contributed by atoms with Gasteiger partial charge in [0, 0.05) is 29.4 Å². The Morgan fingerprint density at radius 2 is 1.54 bits per heavy atom. The van der Waals surface area contributed by atoms with Gasteiger partial charge in [0.15, 0.2) is 12.2 Å². The minimum atomic E-state index is -0.230. The lowest BCUT2D eigenvalue weighted by atomic mass is 10.1. The lowest BCUT2D eigenvalue weighted by molar-refractivity contribution is 0.0962. The zero-order chi connectivity index (χ0) is 16.9. The molecule has 0 aliphatic carbocycles. The van der Waals surface area contributed by atoms with E-state index in [0.29, 0.717) is 22.6 Å². The van der Waals surface area contributed by atoms with Gasteiger partial charge in [0.05, 0.1) is 6.20 Å². The number of hydrogen-bond acceptors (Lipinski definition) is 4. The highest BCUT2D eigenvalue weighted by Crippen LogP contribution is 2.19. The smallest absolute Gasteiger partial charge is 0.255 e. The van der Waals surface area contributed by atoms with E-state index in [1.165, 1.54) is 6.39 Å². The van der Waals surface area contributed by atoms with E-state index in [4.69, 9.17) is 4.42 Å². The first kappa shape index (κ1) is 15.5. The number of carbonyl (C=O) groups is 2. The van der Waals surface area contributed by atoms with Crippen molar-refractivity contribution in [3.05, 3.63) is 72.2 Å². The summed E-state index contributed by atoms with van der Waals surface area (Å²) in [4.78, 5) is 27.6. The summed E-state index contributed by atoms with van der Waals surface area (Å²) in [6, 6.07) is 13.7. The molecule has 6 nitrogen and oxygen atoms in total. The van der Waals surface area contributed by atoms with Crippen LogP contribution in [-0.2, 0) is 0 Å². The van der Waals surface area contributed by atoms with Gasteiger partial charge in [-0.3, -0.25) is 9.59 Å². The number of carbonyl (C=O) groups excluding carboxylic acids is 2. The van der Waals surface area contributed by atoms with E-state index in [1.54, 1.807) is 61.8 Å². The largest absolute Gasteiger partial charge is 0.444 e. The minimum Gasteiger partial charge on any atom is -0.444 e. The van der Waals surface area contributed by atoms with Crippen molar-refractivity contribution < 1.29 is 14.0 Å². The molecule has 3 rings (SSSR count). The fraction of sp³-hybridized carbons (Fsp3) is 0.0556. The quantitative estimate of drug-likeness (QED) is 0.774. The van der Waals surface area contributed by atoms with Gasteiger partial charge in [-0.05, 0) is 36.4 Å². The average molecular weight is 321 g/mol. The van der Waals surface area contributed by atoms with Gasteiger partial charge in [-0.25, -0.2) is 4.98 Å². The van der Waals surface area contributed by atoms with E-state index in [0.717, 1.165) is 5.56 Å². The third-order valence-corrected chi connectivity index (χ3v) is 3.50. The van der Waals surface area contributed by atoms with Crippen LogP contribution in [-0.4, -0.2) is 23.8 Å². The maximum absolute atomic E-state index is 12.3. The van der Waals surface area contributed by atoms with Crippen molar-refractivity contribution in [1.82, 2.24) is 10.3 Å². The molecule has 0 aliphatic heterocycles. The number of hydrogen-bond donors (Lipinski definition) is 2. The average Bonchev–Trinajstić information content (AvgIpc) is 3.16. The van der Waals surface area contributed by atoms with Gasteiger partial charge in [-0.2, -0.15) is 0 Å². The molecular formula is C18H15N3O3. The van der Waals surface area contributed by atoms with Crippen LogP contribution in [0.3, 0.4) is 0 Å². The Labute approximate surface area is 138 Å². The lowest BCUT2D eigenvalue weighted by Gasteiger charge is -2.07. The van der Waals surface area contributed by atoms with Crippen molar-refractivity contribution in [2.75, 3.05) is 12.4 Å². The second kappa shape index (κ2) is 6.78. The maximum atomic E-state index is 12.3. The van der Waals surface area contributed by atoms with Crippen molar-refractivity contribution in [2.45, 2.75) is 0 Å². The molecule has 0 saturated carbocycles. The van der Waals surface area contributed by atoms with Crippen LogP contribution >= 0.6 is 0 Å². The molecule has 6 heteroatoms. The zero-order valence-corrected chi connectivity index (χ0v) is 12.9. The van der Waals surface area contributed by atoms with Crippen molar-refractivity contribution in [1.29, 1.82) is 0 Å². The van der Waals surface area contributed by atoms with Gasteiger partial charge in [0.1, 0.15) is 0 Å². The molecule has 2 amide bonds. The molecule has 0 fully saturated rings. The van der Waals surface area contributed by atoms with E-state index >= 15 is 0 Å². The number of amides is 2. The van der Waals surface area contributed by atoms with Crippen LogP contribution in [0.5, 0.6) is 0 Å². The summed E-state index contributed by atoms with van der Waals surface area (Å²) in [5.41, 5.74) is 2.52. The molecular weight excluding hydrogens is 306 g/mol. The number of oxazole rings is 1. The Kier molecular flexibility index (Phi) is 4.38. The molecule has 24 heavy (non-hydrogen) atoms. The minimum absolute atomic E-state index is 0.170. The van der Waals surface area contributed by atoms with E-state index in [2.05, 4.69) is 15.6 Å². The first-order chi connectivity index (χ1) is 11.7. The monoisotopic (exact) mass is 321 g/mol. The summed E-state index contributed by atoms with van der Waals surface area (Å²) in [6.45, 7) is 0. The third-order valence-electron chi connectivity index (χ3n) is 3.50. The molecule has 2 N–H and O–H groups in total. The Morgan fingerprint density at radius 1 is 0.917 bits per heavy atom. The van der Waals surface area contributed by atoms with Crippen LogP contribution in [0.1, 0.15) is 20.7 Å². The third kappa shape index (κ3) is 3.33. The fourth-order valence-electron chi connectivity index (χ4n) is 2.20. The molecule has 3 aromatic rings. The summed E-state index contributed by atoms with van der Waals surface area (Å²) >= 11 is 0. The standard InChI is InChI=1S/C18H15N3O3/c1-19-17(22)13-6-8-15(9-7-13)21-18(23)14-4-2-12(3-5-14)16-10-20-11-24-16/h2-11H,1H3,(H,19,22)(H,21,23). The summed E-state index contributed by atoms with van der Waals surface area (Å²) in [5, 5.41) is 5.34. The number of nitrogens with zero attached hydrogens (tertiary/aromatic N) is 1. The van der Waals surface area contributed by atoms with Crippen molar-refractivity contribution in [3.8, 4) is 11.3 Å². The normalized spacial score (nSPS) is 10.2. The van der Waals surface area contributed by atoms with E-state index < -0.39 is 0 Å². The fourth-order valence-corrected chi connectivity index (χ4v) is 2.20. The molecule has 0 unspecified atom stereocenters. The van der Waals surface area contributed by atoms with Gasteiger partial charge in [-0.15, -0.1) is 0 Å². The number of nitrogens with one attached hydrogen (secondary N) is 2. The Morgan fingerprint density at radius 3 is 2.12 bits per heavy atom.